The Morgan fingerprint density at radius 2 is 1.47 bits per heavy atom. The van der Waals surface area contributed by atoms with Gasteiger partial charge in [-0.1, -0.05) is 30.3 Å². The van der Waals surface area contributed by atoms with E-state index in [2.05, 4.69) is 36.2 Å². The maximum absolute atomic E-state index is 14.5. The summed E-state index contributed by atoms with van der Waals surface area (Å²) in [5.74, 6) is -0.538. The number of benzene rings is 3. The molecule has 2 heterocycles. The number of carbonyl (C=O) groups is 4. The molecular formula is C43H54N10O6. The average Bonchev–Trinajstić information content (AvgIpc) is 3.87. The van der Waals surface area contributed by atoms with Crippen molar-refractivity contribution >= 4 is 40.7 Å². The van der Waals surface area contributed by atoms with Crippen LogP contribution in [-0.2, 0) is 32.0 Å². The highest BCUT2D eigenvalue weighted by Crippen LogP contribution is 2.34. The molecule has 0 spiro atoms. The molecule has 0 aliphatic heterocycles. The molecule has 3 aromatic carbocycles. The number of nitrogens with zero attached hydrogens (tertiary/aromatic N) is 6. The molecule has 0 bridgehead atoms. The Labute approximate surface area is 343 Å². The maximum atomic E-state index is 14.5. The second-order valence-corrected chi connectivity index (χ2v) is 17.0. The number of anilines is 1. The van der Waals surface area contributed by atoms with Gasteiger partial charge in [0, 0.05) is 43.2 Å². The first-order chi connectivity index (χ1) is 28.0. The van der Waals surface area contributed by atoms with Crippen LogP contribution in [0.4, 0.5) is 15.3 Å². The summed E-state index contributed by atoms with van der Waals surface area (Å²) in [6.45, 7) is 12.3. The predicted octanol–water partition coefficient (Wildman–Crippen LogP) is 6.17. The number of aromatic amines is 1. The number of amides is 4. The Morgan fingerprint density at radius 1 is 0.847 bits per heavy atom. The van der Waals surface area contributed by atoms with Crippen LogP contribution in [0, 0.1) is 11.8 Å². The lowest BCUT2D eigenvalue weighted by Crippen LogP contribution is -2.52. The zero-order valence-corrected chi connectivity index (χ0v) is 34.5. The molecule has 1 saturated carbocycles. The molecule has 0 unspecified atom stereocenters. The summed E-state index contributed by atoms with van der Waals surface area (Å²) in [5.41, 5.74) is 10.7. The minimum atomic E-state index is -0.971. The highest BCUT2D eigenvalue weighted by Gasteiger charge is 2.36. The number of alkyl carbamates (subject to hydrolysis) is 2. The minimum absolute atomic E-state index is 0.176. The number of imidazole rings is 1. The van der Waals surface area contributed by atoms with Gasteiger partial charge in [0.05, 0.1) is 17.4 Å². The molecule has 5 N–H and O–H groups in total. The lowest BCUT2D eigenvalue weighted by atomic mass is 9.81. The number of tetrazole rings is 1. The first kappa shape index (κ1) is 42.3. The van der Waals surface area contributed by atoms with Gasteiger partial charge in [-0.15, -0.1) is 10.2 Å². The van der Waals surface area contributed by atoms with Gasteiger partial charge in [-0.2, -0.15) is 5.21 Å². The Morgan fingerprint density at radius 3 is 2.08 bits per heavy atom. The number of nitrogens with two attached hydrogens (primary N) is 1. The van der Waals surface area contributed by atoms with Crippen molar-refractivity contribution in [3.8, 4) is 22.5 Å². The summed E-state index contributed by atoms with van der Waals surface area (Å²) in [4.78, 5) is 58.3. The predicted molar refractivity (Wildman–Crippen MR) is 223 cm³/mol. The lowest BCUT2D eigenvalue weighted by molar-refractivity contribution is -0.127. The molecule has 59 heavy (non-hydrogen) atoms. The normalized spacial score (nSPS) is 16.2. The molecule has 16 heteroatoms. The van der Waals surface area contributed by atoms with E-state index < -0.39 is 35.3 Å². The Balaban J connectivity index is 1.15. The second-order valence-electron chi connectivity index (χ2n) is 17.0. The standard InChI is InChI=1S/C43H54N10O6/c1-42(2,3)58-40(56)45-21-22-52-26-47-34-24-32(17-20-35(34)52)29-11-7-27(8-12-29)23-36(37(44)54)53(33-18-15-30(16-19-33)38-48-50-51-49-38)39(55)31-13-9-28(10-14-31)25-46-41(57)59-43(4,5)6/h7-8,11-12,15-20,24,26,28,31,36H,9-10,13-14,21-23,25H2,1-6H3,(H2,44,54)(H,45,56)(H,46,57)(H,48,49,50,51)/t28?,31?,36-/m0/s1. The third-order valence-corrected chi connectivity index (χ3v) is 10.1. The summed E-state index contributed by atoms with van der Waals surface area (Å²) in [7, 11) is 0. The monoisotopic (exact) mass is 806 g/mol. The fourth-order valence-corrected chi connectivity index (χ4v) is 7.26. The quantitative estimate of drug-likeness (QED) is 0.106. The van der Waals surface area contributed by atoms with Crippen molar-refractivity contribution in [1.82, 2.24) is 40.8 Å². The fourth-order valence-electron chi connectivity index (χ4n) is 7.26. The summed E-state index contributed by atoms with van der Waals surface area (Å²) >= 11 is 0. The first-order valence-electron chi connectivity index (χ1n) is 20.0. The van der Waals surface area contributed by atoms with Gasteiger partial charge < -0.3 is 30.4 Å². The van der Waals surface area contributed by atoms with Gasteiger partial charge in [0.15, 0.2) is 0 Å². The van der Waals surface area contributed by atoms with Crippen molar-refractivity contribution in [2.24, 2.45) is 17.6 Å². The smallest absolute Gasteiger partial charge is 0.407 e. The zero-order valence-electron chi connectivity index (χ0n) is 34.5. The molecule has 16 nitrogen and oxygen atoms in total. The molecule has 1 aliphatic rings. The number of ether oxygens (including phenoxy) is 2. The summed E-state index contributed by atoms with van der Waals surface area (Å²) in [6.07, 6.45) is 3.69. The van der Waals surface area contributed by atoms with E-state index in [0.29, 0.717) is 49.6 Å². The van der Waals surface area contributed by atoms with Gasteiger partial charge in [0.25, 0.3) is 0 Å². The van der Waals surface area contributed by atoms with Gasteiger partial charge in [0.2, 0.25) is 17.6 Å². The zero-order chi connectivity index (χ0) is 42.3. The molecule has 1 aliphatic carbocycles. The molecule has 0 radical (unpaired) electrons. The van der Waals surface area contributed by atoms with E-state index in [9.17, 15) is 19.2 Å². The minimum Gasteiger partial charge on any atom is -0.444 e. The van der Waals surface area contributed by atoms with Crippen LogP contribution in [0.25, 0.3) is 33.5 Å². The summed E-state index contributed by atoms with van der Waals surface area (Å²) in [6, 6.07) is 20.0. The van der Waals surface area contributed by atoms with E-state index in [0.717, 1.165) is 40.6 Å². The molecule has 0 saturated heterocycles. The van der Waals surface area contributed by atoms with Crippen LogP contribution in [-0.4, -0.2) is 84.5 Å². The van der Waals surface area contributed by atoms with Crippen LogP contribution in [0.5, 0.6) is 0 Å². The van der Waals surface area contributed by atoms with E-state index in [1.807, 2.05) is 88.6 Å². The summed E-state index contributed by atoms with van der Waals surface area (Å²) < 4.78 is 12.7. The highest BCUT2D eigenvalue weighted by molar-refractivity contribution is 6.02. The van der Waals surface area contributed by atoms with E-state index in [4.69, 9.17) is 15.2 Å². The molecular weight excluding hydrogens is 753 g/mol. The number of primary amides is 1. The molecule has 312 valence electrons. The molecule has 1 fully saturated rings. The van der Waals surface area contributed by atoms with Crippen molar-refractivity contribution in [3.05, 3.63) is 78.6 Å². The molecule has 6 rings (SSSR count). The number of H-pyrrole nitrogens is 1. The summed E-state index contributed by atoms with van der Waals surface area (Å²) in [5, 5.41) is 19.8. The molecule has 4 amide bonds. The maximum Gasteiger partial charge on any atom is 0.407 e. The number of hydrogen-bond acceptors (Lipinski definition) is 10. The van der Waals surface area contributed by atoms with Gasteiger partial charge in [-0.3, -0.25) is 14.5 Å². The largest absolute Gasteiger partial charge is 0.444 e. The fraction of sp³-hybridized carbons (Fsp3) is 0.442. The lowest BCUT2D eigenvalue weighted by Gasteiger charge is -2.36. The van der Waals surface area contributed by atoms with Gasteiger partial charge in [-0.05, 0) is 131 Å². The number of hydrogen-bond donors (Lipinski definition) is 4. The van der Waals surface area contributed by atoms with E-state index >= 15 is 0 Å². The van der Waals surface area contributed by atoms with Crippen molar-refractivity contribution < 1.29 is 28.7 Å². The third-order valence-electron chi connectivity index (χ3n) is 10.1. The van der Waals surface area contributed by atoms with Crippen LogP contribution in [0.1, 0.15) is 72.8 Å². The molecule has 2 aromatic heterocycles. The number of aromatic nitrogens is 6. The van der Waals surface area contributed by atoms with Crippen molar-refractivity contribution in [2.75, 3.05) is 18.0 Å². The third kappa shape index (κ3) is 11.4. The van der Waals surface area contributed by atoms with Crippen LogP contribution in [0.3, 0.4) is 0 Å². The number of nitrogens with one attached hydrogen (secondary N) is 3. The molecule has 5 aromatic rings. The Kier molecular flexibility index (Phi) is 13.0. The van der Waals surface area contributed by atoms with E-state index in [1.165, 1.54) is 0 Å². The van der Waals surface area contributed by atoms with Crippen LogP contribution in [0.2, 0.25) is 0 Å². The van der Waals surface area contributed by atoms with Gasteiger partial charge in [0.1, 0.15) is 17.2 Å². The van der Waals surface area contributed by atoms with Gasteiger partial charge >= 0.3 is 12.2 Å². The van der Waals surface area contributed by atoms with Crippen molar-refractivity contribution in [3.63, 3.8) is 0 Å². The number of fused-ring (bicyclic) bond motifs is 1. The van der Waals surface area contributed by atoms with Crippen molar-refractivity contribution in [1.29, 1.82) is 0 Å². The van der Waals surface area contributed by atoms with Crippen LogP contribution < -0.4 is 21.3 Å². The van der Waals surface area contributed by atoms with Crippen LogP contribution in [0.15, 0.2) is 73.1 Å². The van der Waals surface area contributed by atoms with Gasteiger partial charge in [-0.25, -0.2) is 14.6 Å². The van der Waals surface area contributed by atoms with E-state index in [1.54, 1.807) is 35.5 Å². The Bertz CT molecular complexity index is 2220. The first-order valence-corrected chi connectivity index (χ1v) is 20.0. The SMILES string of the molecule is CC(C)(C)OC(=O)NCCn1cnc2cc(-c3ccc(C[C@@H](C(N)=O)N(C(=O)C4CCC(CNC(=O)OC(C)(C)C)CC4)c4ccc(-c5nn[nH]n5)cc4)cc3)ccc21. The topological polar surface area (TPSA) is 212 Å². The molecule has 1 atom stereocenters. The van der Waals surface area contributed by atoms with E-state index in [-0.39, 0.29) is 24.2 Å². The average molecular weight is 807 g/mol. The van der Waals surface area contributed by atoms with Crippen LogP contribution >= 0.6 is 0 Å². The number of rotatable bonds is 13. The highest BCUT2D eigenvalue weighted by atomic mass is 16.6. The second kappa shape index (κ2) is 18.1. The Hall–Kier alpha value is -6.32. The van der Waals surface area contributed by atoms with Crippen molar-refractivity contribution in [2.45, 2.75) is 97.4 Å². The number of carbonyl (C=O) groups excluding carboxylic acids is 4.